The van der Waals surface area contributed by atoms with Crippen molar-refractivity contribution in [1.82, 2.24) is 15.5 Å². The van der Waals surface area contributed by atoms with Crippen molar-refractivity contribution >= 4 is 34.2 Å². The van der Waals surface area contributed by atoms with Crippen LogP contribution in [0.5, 0.6) is 0 Å². The van der Waals surface area contributed by atoms with Gasteiger partial charge in [0.2, 0.25) is 5.91 Å². The van der Waals surface area contributed by atoms with Gasteiger partial charge in [-0.1, -0.05) is 17.7 Å². The number of H-pyrrole nitrogens is 1. The molecule has 1 fully saturated rings. The number of carbonyl (C=O) groups is 1. The quantitative estimate of drug-likeness (QED) is 0.646. The molecule has 1 saturated heterocycles. The number of benzene rings is 2. The third kappa shape index (κ3) is 3.52. The number of hydrogen-bond acceptors (Lipinski definition) is 4. The van der Waals surface area contributed by atoms with Gasteiger partial charge < -0.3 is 10.6 Å². The van der Waals surface area contributed by atoms with Crippen LogP contribution in [0.25, 0.3) is 22.0 Å². The number of aromatic nitrogens is 2. The van der Waals surface area contributed by atoms with Crippen LogP contribution < -0.4 is 10.6 Å². The first-order valence-corrected chi connectivity index (χ1v) is 9.23. The van der Waals surface area contributed by atoms with Crippen LogP contribution in [-0.2, 0) is 4.79 Å². The first-order chi connectivity index (χ1) is 13.2. The molecule has 0 saturated carbocycles. The second-order valence-electron chi connectivity index (χ2n) is 6.67. The van der Waals surface area contributed by atoms with Crippen LogP contribution in [0.1, 0.15) is 18.4 Å². The van der Waals surface area contributed by atoms with Crippen molar-refractivity contribution in [3.8, 4) is 17.2 Å². The zero-order valence-electron chi connectivity index (χ0n) is 14.6. The first kappa shape index (κ1) is 17.5. The van der Waals surface area contributed by atoms with Crippen molar-refractivity contribution in [2.45, 2.75) is 12.8 Å². The van der Waals surface area contributed by atoms with Crippen molar-refractivity contribution < 1.29 is 4.79 Å². The number of hydrogen-bond donors (Lipinski definition) is 3. The van der Waals surface area contributed by atoms with Crippen molar-refractivity contribution in [3.63, 3.8) is 0 Å². The number of nitrogens with one attached hydrogen (secondary N) is 3. The summed E-state index contributed by atoms with van der Waals surface area (Å²) >= 11 is 6.33. The number of anilines is 1. The number of halogens is 1. The molecule has 1 amide bonds. The Morgan fingerprint density at radius 1 is 1.30 bits per heavy atom. The average molecular weight is 380 g/mol. The van der Waals surface area contributed by atoms with Gasteiger partial charge in [0.25, 0.3) is 0 Å². The van der Waals surface area contributed by atoms with Gasteiger partial charge in [0.15, 0.2) is 5.82 Å². The van der Waals surface area contributed by atoms with Crippen molar-refractivity contribution in [2.75, 3.05) is 18.4 Å². The van der Waals surface area contributed by atoms with E-state index in [1.165, 1.54) is 0 Å². The highest BCUT2D eigenvalue weighted by Crippen LogP contribution is 2.32. The van der Waals surface area contributed by atoms with Crippen LogP contribution in [0, 0.1) is 17.2 Å². The standard InChI is InChI=1S/C20H18ClN5O/c21-17-5-3-12(10-22)8-15(17)13-4-6-18-16(9-13)19(26-25-18)24-20(27)14-2-1-7-23-11-14/h3-6,8-9,14,23H,1-2,7,11H2,(H2,24,25,26,27)/t14-/m1/s1. The molecule has 0 radical (unpaired) electrons. The largest absolute Gasteiger partial charge is 0.316 e. The molecule has 1 aliphatic rings. The first-order valence-electron chi connectivity index (χ1n) is 8.85. The lowest BCUT2D eigenvalue weighted by molar-refractivity contribution is -0.120. The van der Waals surface area contributed by atoms with E-state index in [9.17, 15) is 4.79 Å². The molecular weight excluding hydrogens is 362 g/mol. The summed E-state index contributed by atoms with van der Waals surface area (Å²) in [5.41, 5.74) is 3.00. The molecule has 0 bridgehead atoms. The minimum absolute atomic E-state index is 0.0227. The molecule has 0 aliphatic carbocycles. The van der Waals surface area contributed by atoms with E-state index >= 15 is 0 Å². The van der Waals surface area contributed by atoms with Crippen LogP contribution in [0.2, 0.25) is 5.02 Å². The van der Waals surface area contributed by atoms with Gasteiger partial charge in [-0.05, 0) is 55.3 Å². The lowest BCUT2D eigenvalue weighted by Gasteiger charge is -2.21. The maximum Gasteiger partial charge on any atom is 0.229 e. The third-order valence-corrected chi connectivity index (χ3v) is 5.21. The Morgan fingerprint density at radius 3 is 2.96 bits per heavy atom. The number of carbonyl (C=O) groups excluding carboxylic acids is 1. The number of fused-ring (bicyclic) bond motifs is 1. The van der Waals surface area contributed by atoms with Gasteiger partial charge in [-0.2, -0.15) is 10.4 Å². The van der Waals surface area contributed by atoms with Gasteiger partial charge in [0, 0.05) is 22.5 Å². The molecule has 2 aromatic carbocycles. The van der Waals surface area contributed by atoms with E-state index in [0.717, 1.165) is 41.4 Å². The Hall–Kier alpha value is -2.88. The van der Waals surface area contributed by atoms with Crippen LogP contribution in [0.15, 0.2) is 36.4 Å². The zero-order chi connectivity index (χ0) is 18.8. The fourth-order valence-electron chi connectivity index (χ4n) is 3.39. The highest BCUT2D eigenvalue weighted by atomic mass is 35.5. The minimum Gasteiger partial charge on any atom is -0.316 e. The lowest BCUT2D eigenvalue weighted by atomic mass is 9.98. The van der Waals surface area contributed by atoms with Crippen LogP contribution >= 0.6 is 11.6 Å². The normalized spacial score (nSPS) is 16.8. The summed E-state index contributed by atoms with van der Waals surface area (Å²) < 4.78 is 0. The minimum atomic E-state index is -0.0459. The van der Waals surface area contributed by atoms with E-state index in [4.69, 9.17) is 16.9 Å². The summed E-state index contributed by atoms with van der Waals surface area (Å²) in [7, 11) is 0. The maximum atomic E-state index is 12.5. The van der Waals surface area contributed by atoms with E-state index in [0.29, 0.717) is 22.9 Å². The zero-order valence-corrected chi connectivity index (χ0v) is 15.3. The summed E-state index contributed by atoms with van der Waals surface area (Å²) in [6.45, 7) is 1.65. The Labute approximate surface area is 161 Å². The van der Waals surface area contributed by atoms with Gasteiger partial charge in [0.1, 0.15) is 0 Å². The van der Waals surface area contributed by atoms with Crippen molar-refractivity contribution in [1.29, 1.82) is 5.26 Å². The molecule has 0 unspecified atom stereocenters. The monoisotopic (exact) mass is 379 g/mol. The van der Waals surface area contributed by atoms with Gasteiger partial charge >= 0.3 is 0 Å². The van der Waals surface area contributed by atoms with Gasteiger partial charge in [0.05, 0.1) is 23.1 Å². The van der Waals surface area contributed by atoms with E-state index in [2.05, 4.69) is 26.9 Å². The molecule has 3 aromatic rings. The Morgan fingerprint density at radius 2 is 2.19 bits per heavy atom. The molecule has 6 nitrogen and oxygen atoms in total. The second kappa shape index (κ2) is 7.39. The lowest BCUT2D eigenvalue weighted by Crippen LogP contribution is -2.37. The third-order valence-electron chi connectivity index (χ3n) is 4.88. The van der Waals surface area contributed by atoms with Gasteiger partial charge in [-0.15, -0.1) is 0 Å². The molecule has 3 N–H and O–H groups in total. The molecule has 1 aromatic heterocycles. The fraction of sp³-hybridized carbons (Fsp3) is 0.250. The Kier molecular flexibility index (Phi) is 4.80. The van der Waals surface area contributed by atoms with E-state index in [1.807, 2.05) is 18.2 Å². The predicted octanol–water partition coefficient (Wildman–Crippen LogP) is 3.69. The van der Waals surface area contributed by atoms with Crippen molar-refractivity contribution in [3.05, 3.63) is 47.0 Å². The van der Waals surface area contributed by atoms with Crippen LogP contribution in [-0.4, -0.2) is 29.2 Å². The average Bonchev–Trinajstić information content (AvgIpc) is 3.11. The summed E-state index contributed by atoms with van der Waals surface area (Å²) in [5.74, 6) is 0.441. The molecule has 1 aliphatic heterocycles. The second-order valence-corrected chi connectivity index (χ2v) is 7.08. The van der Waals surface area contributed by atoms with Crippen molar-refractivity contribution in [2.24, 2.45) is 5.92 Å². The maximum absolute atomic E-state index is 12.5. The van der Waals surface area contributed by atoms with E-state index < -0.39 is 0 Å². The number of piperidine rings is 1. The topological polar surface area (TPSA) is 93.6 Å². The molecule has 4 rings (SSSR count). The number of rotatable bonds is 3. The summed E-state index contributed by atoms with van der Waals surface area (Å²) in [6, 6.07) is 13.0. The fourth-order valence-corrected chi connectivity index (χ4v) is 3.61. The molecule has 2 heterocycles. The Bertz CT molecular complexity index is 1050. The predicted molar refractivity (Wildman–Crippen MR) is 105 cm³/mol. The smallest absolute Gasteiger partial charge is 0.229 e. The molecule has 27 heavy (non-hydrogen) atoms. The number of amides is 1. The summed E-state index contributed by atoms with van der Waals surface area (Å²) in [6.07, 6.45) is 1.88. The molecule has 1 atom stereocenters. The number of nitrogens with zero attached hydrogens (tertiary/aromatic N) is 2. The highest BCUT2D eigenvalue weighted by Gasteiger charge is 2.22. The SMILES string of the molecule is N#Cc1ccc(Cl)c(-c2ccc3[nH]nc(NC(=O)[C@@H]4CCCNC4)c3c2)c1. The van der Waals surface area contributed by atoms with Crippen LogP contribution in [0.3, 0.4) is 0 Å². The Balaban J connectivity index is 1.67. The van der Waals surface area contributed by atoms with Gasteiger partial charge in [-0.3, -0.25) is 9.89 Å². The van der Waals surface area contributed by atoms with E-state index in [1.54, 1.807) is 18.2 Å². The highest BCUT2D eigenvalue weighted by molar-refractivity contribution is 6.33. The van der Waals surface area contributed by atoms with Gasteiger partial charge in [-0.25, -0.2) is 0 Å². The van der Waals surface area contributed by atoms with Crippen LogP contribution in [0.4, 0.5) is 5.82 Å². The van der Waals surface area contributed by atoms with E-state index in [-0.39, 0.29) is 11.8 Å². The molecular formula is C20H18ClN5O. The molecule has 0 spiro atoms. The number of nitriles is 1. The molecule has 136 valence electrons. The number of aromatic amines is 1. The molecule has 7 heteroatoms. The summed E-state index contributed by atoms with van der Waals surface area (Å²) in [5, 5.41) is 23.9. The summed E-state index contributed by atoms with van der Waals surface area (Å²) in [4.78, 5) is 12.5.